The summed E-state index contributed by atoms with van der Waals surface area (Å²) in [6.07, 6.45) is -3.03. The molecule has 3 aromatic rings. The van der Waals surface area contributed by atoms with E-state index in [0.29, 0.717) is 60.6 Å². The zero-order chi connectivity index (χ0) is 25.6. The molecule has 0 saturated carbocycles. The van der Waals surface area contributed by atoms with Crippen LogP contribution in [0.5, 0.6) is 11.5 Å². The van der Waals surface area contributed by atoms with Gasteiger partial charge in [0.05, 0.1) is 36.9 Å². The maximum atomic E-state index is 13.6. The fourth-order valence-corrected chi connectivity index (χ4v) is 4.62. The second-order valence-corrected chi connectivity index (χ2v) is 9.47. The van der Waals surface area contributed by atoms with Crippen molar-refractivity contribution in [2.75, 3.05) is 44.1 Å². The number of aryl methyl sites for hydroxylation is 1. The molecular weight excluding hydrogens is 473 g/mol. The summed E-state index contributed by atoms with van der Waals surface area (Å²) in [5.41, 5.74) is 2.00. The molecule has 10 heteroatoms. The van der Waals surface area contributed by atoms with Crippen molar-refractivity contribution in [1.29, 1.82) is 0 Å². The fraction of sp³-hybridized carbons (Fsp3) is 0.462. The quantitative estimate of drug-likeness (QED) is 0.491. The molecule has 36 heavy (non-hydrogen) atoms. The van der Waals surface area contributed by atoms with Crippen molar-refractivity contribution in [3.63, 3.8) is 0 Å². The molecule has 0 radical (unpaired) electrons. The van der Waals surface area contributed by atoms with Crippen LogP contribution < -0.4 is 19.7 Å². The smallest absolute Gasteiger partial charge is 0.416 e. The van der Waals surface area contributed by atoms with Crippen molar-refractivity contribution in [3.8, 4) is 11.5 Å². The molecule has 2 aromatic carbocycles. The third-order valence-corrected chi connectivity index (χ3v) is 6.53. The predicted octanol–water partition coefficient (Wildman–Crippen LogP) is 5.30. The minimum Gasteiger partial charge on any atom is -0.489 e. The van der Waals surface area contributed by atoms with Gasteiger partial charge in [0.15, 0.2) is 11.5 Å². The van der Waals surface area contributed by atoms with Crippen LogP contribution in [0.4, 0.5) is 24.7 Å². The van der Waals surface area contributed by atoms with E-state index in [-0.39, 0.29) is 6.10 Å². The van der Waals surface area contributed by atoms with Gasteiger partial charge in [0, 0.05) is 43.6 Å². The lowest BCUT2D eigenvalue weighted by Crippen LogP contribution is -2.17. The lowest BCUT2D eigenvalue weighted by atomic mass is 10.0. The van der Waals surface area contributed by atoms with Crippen molar-refractivity contribution >= 4 is 22.4 Å². The number of halogens is 3. The molecule has 2 atom stereocenters. The van der Waals surface area contributed by atoms with E-state index < -0.39 is 17.8 Å². The van der Waals surface area contributed by atoms with Crippen molar-refractivity contribution in [2.24, 2.45) is 0 Å². The molecule has 2 aliphatic rings. The highest BCUT2D eigenvalue weighted by atomic mass is 19.4. The average Bonchev–Trinajstić information content (AvgIpc) is 3.51. The van der Waals surface area contributed by atoms with E-state index in [0.717, 1.165) is 29.0 Å². The number of nitrogens with one attached hydrogen (secondary N) is 1. The molecule has 0 unspecified atom stereocenters. The molecule has 1 saturated heterocycles. The molecule has 0 bridgehead atoms. The summed E-state index contributed by atoms with van der Waals surface area (Å²) >= 11 is 0. The fourth-order valence-electron chi connectivity index (χ4n) is 4.62. The summed E-state index contributed by atoms with van der Waals surface area (Å²) in [7, 11) is 3.44. The molecule has 7 nitrogen and oxygen atoms in total. The van der Waals surface area contributed by atoms with Crippen LogP contribution in [0.25, 0.3) is 10.9 Å². The summed E-state index contributed by atoms with van der Waals surface area (Å²) in [4.78, 5) is 11.0. The summed E-state index contributed by atoms with van der Waals surface area (Å²) in [5, 5.41) is 4.08. The Balaban J connectivity index is 1.56. The van der Waals surface area contributed by atoms with Crippen LogP contribution >= 0.6 is 0 Å². The van der Waals surface area contributed by atoms with Gasteiger partial charge in [0.2, 0.25) is 0 Å². The van der Waals surface area contributed by atoms with E-state index in [2.05, 4.69) is 15.3 Å². The Labute approximate surface area is 207 Å². The molecular formula is C26H29F3N4O3. The van der Waals surface area contributed by atoms with Gasteiger partial charge in [-0.15, -0.1) is 0 Å². The number of fused-ring (bicyclic) bond motifs is 3. The van der Waals surface area contributed by atoms with E-state index in [1.54, 1.807) is 32.0 Å². The number of anilines is 2. The normalized spacial score (nSPS) is 18.1. The van der Waals surface area contributed by atoms with Crippen LogP contribution in [-0.2, 0) is 17.3 Å². The Morgan fingerprint density at radius 3 is 2.64 bits per heavy atom. The van der Waals surface area contributed by atoms with Gasteiger partial charge in [-0.05, 0) is 43.7 Å². The summed E-state index contributed by atoms with van der Waals surface area (Å²) in [6.45, 7) is 5.32. The van der Waals surface area contributed by atoms with Gasteiger partial charge in [-0.25, -0.2) is 9.97 Å². The largest absolute Gasteiger partial charge is 0.489 e. The Morgan fingerprint density at radius 1 is 1.14 bits per heavy atom. The van der Waals surface area contributed by atoms with Crippen LogP contribution in [0.2, 0.25) is 0 Å². The monoisotopic (exact) mass is 502 g/mol. The average molecular weight is 503 g/mol. The minimum atomic E-state index is -4.45. The van der Waals surface area contributed by atoms with E-state index in [1.807, 2.05) is 13.0 Å². The van der Waals surface area contributed by atoms with E-state index in [4.69, 9.17) is 14.2 Å². The second-order valence-electron chi connectivity index (χ2n) is 9.47. The van der Waals surface area contributed by atoms with Crippen molar-refractivity contribution in [1.82, 2.24) is 9.97 Å². The molecule has 3 heterocycles. The van der Waals surface area contributed by atoms with Gasteiger partial charge in [0.1, 0.15) is 17.7 Å². The third kappa shape index (κ3) is 4.74. The Kier molecular flexibility index (Phi) is 6.32. The lowest BCUT2D eigenvalue weighted by molar-refractivity contribution is -0.137. The van der Waals surface area contributed by atoms with E-state index in [1.165, 1.54) is 6.07 Å². The molecule has 0 aliphatic carbocycles. The molecule has 2 aliphatic heterocycles. The third-order valence-electron chi connectivity index (χ3n) is 6.53. The van der Waals surface area contributed by atoms with Gasteiger partial charge in [-0.2, -0.15) is 13.2 Å². The van der Waals surface area contributed by atoms with Gasteiger partial charge >= 0.3 is 6.18 Å². The van der Waals surface area contributed by atoms with Gasteiger partial charge in [-0.3, -0.25) is 0 Å². The lowest BCUT2D eigenvalue weighted by Gasteiger charge is -2.22. The number of benzene rings is 2. The molecule has 0 spiro atoms. The summed E-state index contributed by atoms with van der Waals surface area (Å²) in [5.74, 6) is 2.40. The standard InChI is InChI=1S/C26H29F3N4O3/c1-14(16-9-17(26(27,28)29)11-18(10-16)33(3)4)30-25-21-12-22(36-19-5-7-34-13-19)24-20(6-8-35-24)23(21)31-15(2)32-25/h9-12,14,19H,5-8,13H2,1-4H3,(H,30,31,32)/t14-,19+/m1/s1. The first-order chi connectivity index (χ1) is 17.1. The first kappa shape index (κ1) is 24.4. The molecule has 1 N–H and O–H groups in total. The van der Waals surface area contributed by atoms with Crippen LogP contribution in [-0.4, -0.2) is 50.0 Å². The summed E-state index contributed by atoms with van der Waals surface area (Å²) < 4.78 is 58.4. The zero-order valence-corrected chi connectivity index (χ0v) is 20.7. The Morgan fingerprint density at radius 2 is 1.94 bits per heavy atom. The van der Waals surface area contributed by atoms with E-state index in [9.17, 15) is 13.2 Å². The van der Waals surface area contributed by atoms with Crippen molar-refractivity contribution < 1.29 is 27.4 Å². The van der Waals surface area contributed by atoms with Gasteiger partial charge < -0.3 is 24.4 Å². The second kappa shape index (κ2) is 9.31. The first-order valence-corrected chi connectivity index (χ1v) is 12.0. The Bertz CT molecular complexity index is 1290. The Hall–Kier alpha value is -3.27. The van der Waals surface area contributed by atoms with Crippen molar-refractivity contribution in [2.45, 2.75) is 45.0 Å². The number of hydrogen-bond acceptors (Lipinski definition) is 7. The SMILES string of the molecule is Cc1nc(N[C@H](C)c2cc(N(C)C)cc(C(F)(F)F)c2)c2cc(O[C@H]3CCOC3)c3c(c2n1)CCO3. The number of rotatable bonds is 6. The molecule has 0 amide bonds. The van der Waals surface area contributed by atoms with Gasteiger partial charge in [-0.1, -0.05) is 0 Å². The highest BCUT2D eigenvalue weighted by molar-refractivity contribution is 5.95. The maximum absolute atomic E-state index is 13.6. The van der Waals surface area contributed by atoms with Crippen molar-refractivity contribution in [3.05, 3.63) is 46.8 Å². The zero-order valence-electron chi connectivity index (χ0n) is 20.7. The van der Waals surface area contributed by atoms with Gasteiger partial charge in [0.25, 0.3) is 0 Å². The first-order valence-electron chi connectivity index (χ1n) is 12.0. The van der Waals surface area contributed by atoms with E-state index >= 15 is 0 Å². The molecule has 1 fully saturated rings. The molecule has 192 valence electrons. The molecule has 1 aromatic heterocycles. The highest BCUT2D eigenvalue weighted by Gasteiger charge is 2.32. The predicted molar refractivity (Wildman–Crippen MR) is 131 cm³/mol. The topological polar surface area (TPSA) is 68.7 Å². The number of alkyl halides is 3. The van der Waals surface area contributed by atoms with Crippen LogP contribution in [0.3, 0.4) is 0 Å². The summed E-state index contributed by atoms with van der Waals surface area (Å²) in [6, 6.07) is 5.49. The molecule has 5 rings (SSSR count). The van der Waals surface area contributed by atoms with Crippen LogP contribution in [0, 0.1) is 6.92 Å². The highest BCUT2D eigenvalue weighted by Crippen LogP contribution is 2.43. The number of nitrogens with zero attached hydrogens (tertiary/aromatic N) is 3. The number of hydrogen-bond donors (Lipinski definition) is 1. The minimum absolute atomic E-state index is 0.0630. The number of aromatic nitrogens is 2. The maximum Gasteiger partial charge on any atom is 0.416 e. The van der Waals surface area contributed by atoms with Crippen LogP contribution in [0.15, 0.2) is 24.3 Å². The van der Waals surface area contributed by atoms with Crippen LogP contribution in [0.1, 0.15) is 41.9 Å². The number of ether oxygens (including phenoxy) is 3.